The highest BCUT2D eigenvalue weighted by Gasteiger charge is 2.35. The molecule has 1 heterocycles. The minimum atomic E-state index is -0.607. The molecule has 2 aromatic carbocycles. The molecule has 2 aromatic rings. The van der Waals surface area contributed by atoms with E-state index < -0.39 is 17.7 Å². The van der Waals surface area contributed by atoms with Gasteiger partial charge in [0.25, 0.3) is 5.91 Å². The molecule has 1 saturated heterocycles. The van der Waals surface area contributed by atoms with Gasteiger partial charge >= 0.3 is 0 Å². The largest absolute Gasteiger partial charge is 0.497 e. The molecule has 170 valence electrons. The SMILES string of the molecule is COc1ccc(N2CC(C(=O)NNC(=O)c3cc(OC)c(OC)c(OC)c3)CC2=O)cc1. The Labute approximate surface area is 185 Å². The highest BCUT2D eigenvalue weighted by atomic mass is 16.5. The molecule has 10 heteroatoms. The molecule has 0 spiro atoms. The summed E-state index contributed by atoms with van der Waals surface area (Å²) in [5, 5.41) is 0. The van der Waals surface area contributed by atoms with E-state index in [9.17, 15) is 14.4 Å². The molecule has 0 radical (unpaired) electrons. The average molecular weight is 443 g/mol. The van der Waals surface area contributed by atoms with E-state index >= 15 is 0 Å². The summed E-state index contributed by atoms with van der Waals surface area (Å²) >= 11 is 0. The van der Waals surface area contributed by atoms with Gasteiger partial charge in [-0.05, 0) is 36.4 Å². The first-order valence-corrected chi connectivity index (χ1v) is 9.76. The van der Waals surface area contributed by atoms with Crippen molar-refractivity contribution >= 4 is 23.4 Å². The van der Waals surface area contributed by atoms with Gasteiger partial charge in [0.05, 0.1) is 34.4 Å². The molecule has 10 nitrogen and oxygen atoms in total. The van der Waals surface area contributed by atoms with Crippen LogP contribution >= 0.6 is 0 Å². The van der Waals surface area contributed by atoms with Crippen LogP contribution in [0.4, 0.5) is 5.69 Å². The molecule has 1 aliphatic heterocycles. The second-order valence-corrected chi connectivity index (χ2v) is 6.96. The summed E-state index contributed by atoms with van der Waals surface area (Å²) in [5.41, 5.74) is 5.62. The standard InChI is InChI=1S/C22H25N3O7/c1-29-16-7-5-15(6-8-16)25-12-14(11-19(25)26)22(28)24-23-21(27)13-9-17(30-2)20(32-4)18(10-13)31-3/h5-10,14H,11-12H2,1-4H3,(H,23,27)(H,24,28). The Balaban J connectivity index is 1.63. The number of carbonyl (C=O) groups is 3. The number of ether oxygens (including phenoxy) is 4. The summed E-state index contributed by atoms with van der Waals surface area (Å²) in [5.74, 6) is -0.192. The monoisotopic (exact) mass is 443 g/mol. The molecular weight excluding hydrogens is 418 g/mol. The van der Waals surface area contributed by atoms with Gasteiger partial charge in [0.2, 0.25) is 17.6 Å². The zero-order valence-electron chi connectivity index (χ0n) is 18.3. The predicted molar refractivity (Wildman–Crippen MR) is 115 cm³/mol. The molecule has 3 amide bonds. The zero-order valence-corrected chi connectivity index (χ0v) is 18.3. The maximum Gasteiger partial charge on any atom is 0.269 e. The number of carbonyl (C=O) groups excluding carboxylic acids is 3. The Morgan fingerprint density at radius 2 is 1.53 bits per heavy atom. The van der Waals surface area contributed by atoms with Crippen LogP contribution in [-0.2, 0) is 9.59 Å². The van der Waals surface area contributed by atoms with E-state index in [0.717, 1.165) is 0 Å². The minimum Gasteiger partial charge on any atom is -0.497 e. The zero-order chi connectivity index (χ0) is 23.3. The van der Waals surface area contributed by atoms with Crippen LogP contribution in [0.1, 0.15) is 16.8 Å². The smallest absolute Gasteiger partial charge is 0.269 e. The van der Waals surface area contributed by atoms with E-state index in [4.69, 9.17) is 18.9 Å². The van der Waals surface area contributed by atoms with Gasteiger partial charge in [-0.15, -0.1) is 0 Å². The topological polar surface area (TPSA) is 115 Å². The lowest BCUT2D eigenvalue weighted by Crippen LogP contribution is -2.45. The highest BCUT2D eigenvalue weighted by molar-refractivity contribution is 6.01. The van der Waals surface area contributed by atoms with E-state index in [-0.39, 0.29) is 24.4 Å². The van der Waals surface area contributed by atoms with Crippen molar-refractivity contribution in [1.82, 2.24) is 10.9 Å². The van der Waals surface area contributed by atoms with Crippen molar-refractivity contribution in [3.8, 4) is 23.0 Å². The van der Waals surface area contributed by atoms with Crippen LogP contribution in [0, 0.1) is 5.92 Å². The lowest BCUT2D eigenvalue weighted by molar-refractivity contribution is -0.126. The molecular formula is C22H25N3O7. The maximum absolute atomic E-state index is 12.6. The van der Waals surface area contributed by atoms with Crippen LogP contribution in [-0.4, -0.2) is 52.7 Å². The van der Waals surface area contributed by atoms with Gasteiger partial charge in [0, 0.05) is 24.2 Å². The predicted octanol–water partition coefficient (Wildman–Crippen LogP) is 1.54. The molecule has 32 heavy (non-hydrogen) atoms. The molecule has 0 aliphatic carbocycles. The lowest BCUT2D eigenvalue weighted by Gasteiger charge is -2.17. The molecule has 3 rings (SSSR count). The molecule has 1 fully saturated rings. The van der Waals surface area contributed by atoms with Crippen molar-refractivity contribution in [3.63, 3.8) is 0 Å². The number of amides is 3. The first-order chi connectivity index (χ1) is 15.4. The lowest BCUT2D eigenvalue weighted by atomic mass is 10.1. The Kier molecular flexibility index (Phi) is 7.04. The van der Waals surface area contributed by atoms with Crippen LogP contribution in [0.15, 0.2) is 36.4 Å². The second-order valence-electron chi connectivity index (χ2n) is 6.96. The van der Waals surface area contributed by atoms with E-state index in [2.05, 4.69) is 10.9 Å². The van der Waals surface area contributed by atoms with Crippen molar-refractivity contribution < 1.29 is 33.3 Å². The summed E-state index contributed by atoms with van der Waals surface area (Å²) in [4.78, 5) is 39.0. The summed E-state index contributed by atoms with van der Waals surface area (Å²) < 4.78 is 20.8. The van der Waals surface area contributed by atoms with E-state index in [0.29, 0.717) is 28.7 Å². The Bertz CT molecular complexity index is 982. The first kappa shape index (κ1) is 22.7. The maximum atomic E-state index is 12.6. The normalized spacial score (nSPS) is 15.2. The summed E-state index contributed by atoms with van der Waals surface area (Å²) in [6, 6.07) is 9.93. The van der Waals surface area contributed by atoms with Crippen molar-refractivity contribution in [2.45, 2.75) is 6.42 Å². The molecule has 0 bridgehead atoms. The molecule has 0 saturated carbocycles. The van der Waals surface area contributed by atoms with Crippen LogP contribution in [0.5, 0.6) is 23.0 Å². The number of methoxy groups -OCH3 is 4. The quantitative estimate of drug-likeness (QED) is 0.624. The number of anilines is 1. The van der Waals surface area contributed by atoms with Crippen LogP contribution in [0.2, 0.25) is 0 Å². The number of rotatable bonds is 7. The van der Waals surface area contributed by atoms with Crippen LogP contribution in [0.3, 0.4) is 0 Å². The Morgan fingerprint density at radius 3 is 2.06 bits per heavy atom. The first-order valence-electron chi connectivity index (χ1n) is 9.76. The number of benzene rings is 2. The molecule has 1 atom stereocenters. The summed E-state index contributed by atoms with van der Waals surface area (Å²) in [7, 11) is 5.89. The number of nitrogens with one attached hydrogen (secondary N) is 2. The van der Waals surface area contributed by atoms with Crippen molar-refractivity contribution in [2.24, 2.45) is 5.92 Å². The minimum absolute atomic E-state index is 0.0396. The van der Waals surface area contributed by atoms with Gasteiger partial charge in [-0.25, -0.2) is 0 Å². The van der Waals surface area contributed by atoms with Gasteiger partial charge in [0.15, 0.2) is 11.5 Å². The molecule has 1 unspecified atom stereocenters. The van der Waals surface area contributed by atoms with Gasteiger partial charge < -0.3 is 23.8 Å². The number of nitrogens with zero attached hydrogens (tertiary/aromatic N) is 1. The molecule has 1 aliphatic rings. The Hall–Kier alpha value is -3.95. The van der Waals surface area contributed by atoms with Gasteiger partial charge in [0.1, 0.15) is 5.75 Å². The fourth-order valence-electron chi connectivity index (χ4n) is 3.40. The van der Waals surface area contributed by atoms with Crippen molar-refractivity contribution in [1.29, 1.82) is 0 Å². The molecule has 0 aromatic heterocycles. The van der Waals surface area contributed by atoms with Crippen molar-refractivity contribution in [3.05, 3.63) is 42.0 Å². The van der Waals surface area contributed by atoms with E-state index in [1.54, 1.807) is 31.4 Å². The fraction of sp³-hybridized carbons (Fsp3) is 0.318. The fourth-order valence-corrected chi connectivity index (χ4v) is 3.40. The summed E-state index contributed by atoms with van der Waals surface area (Å²) in [6.45, 7) is 0.205. The second kappa shape index (κ2) is 9.90. The van der Waals surface area contributed by atoms with Crippen LogP contribution < -0.4 is 34.7 Å². The average Bonchev–Trinajstić information content (AvgIpc) is 3.22. The Morgan fingerprint density at radius 1 is 0.906 bits per heavy atom. The number of hydrazine groups is 1. The molecule has 2 N–H and O–H groups in total. The van der Waals surface area contributed by atoms with Gasteiger partial charge in [-0.3, -0.25) is 25.2 Å². The third kappa shape index (κ3) is 4.69. The van der Waals surface area contributed by atoms with E-state index in [1.165, 1.54) is 38.4 Å². The van der Waals surface area contributed by atoms with Gasteiger partial charge in [-0.1, -0.05) is 0 Å². The third-order valence-corrected chi connectivity index (χ3v) is 5.11. The number of hydrogen-bond acceptors (Lipinski definition) is 7. The highest BCUT2D eigenvalue weighted by Crippen LogP contribution is 2.38. The number of hydrogen-bond donors (Lipinski definition) is 2. The van der Waals surface area contributed by atoms with E-state index in [1.807, 2.05) is 0 Å². The van der Waals surface area contributed by atoms with Gasteiger partial charge in [-0.2, -0.15) is 0 Å². The summed E-state index contributed by atoms with van der Waals surface area (Å²) in [6.07, 6.45) is 0.0396. The van der Waals surface area contributed by atoms with Crippen LogP contribution in [0.25, 0.3) is 0 Å². The van der Waals surface area contributed by atoms with Crippen molar-refractivity contribution in [2.75, 3.05) is 39.9 Å². The third-order valence-electron chi connectivity index (χ3n) is 5.11.